The van der Waals surface area contributed by atoms with Crippen LogP contribution >= 0.6 is 11.3 Å². The van der Waals surface area contributed by atoms with Crippen LogP contribution in [0.15, 0.2) is 17.9 Å². The summed E-state index contributed by atoms with van der Waals surface area (Å²) in [7, 11) is 0. The molecule has 2 aromatic rings. The van der Waals surface area contributed by atoms with Crippen molar-refractivity contribution in [3.63, 3.8) is 0 Å². The Morgan fingerprint density at radius 2 is 2.42 bits per heavy atom. The maximum Gasteiger partial charge on any atom is 0.338 e. The maximum atomic E-state index is 10.6. The zero-order chi connectivity index (χ0) is 8.55. The standard InChI is InChI=1S/C7H4N2O2S/c10-7(11)4-2-12-5-1-8-3-9-6(4)5/h1-3H,(H,10,11). The molecule has 0 atom stereocenters. The summed E-state index contributed by atoms with van der Waals surface area (Å²) in [5.41, 5.74) is 0.764. The molecule has 0 unspecified atom stereocenters. The van der Waals surface area contributed by atoms with Gasteiger partial charge in [0.1, 0.15) is 6.33 Å². The van der Waals surface area contributed by atoms with Gasteiger partial charge in [0.15, 0.2) is 0 Å². The number of carbonyl (C=O) groups is 1. The third kappa shape index (κ3) is 0.947. The predicted molar refractivity (Wildman–Crippen MR) is 44.4 cm³/mol. The lowest BCUT2D eigenvalue weighted by Crippen LogP contribution is -1.94. The number of aromatic nitrogens is 2. The van der Waals surface area contributed by atoms with Crippen LogP contribution in [0.4, 0.5) is 0 Å². The topological polar surface area (TPSA) is 63.1 Å². The van der Waals surface area contributed by atoms with Crippen LogP contribution in [0.5, 0.6) is 0 Å². The number of hydrogen-bond acceptors (Lipinski definition) is 4. The van der Waals surface area contributed by atoms with Crippen molar-refractivity contribution in [3.05, 3.63) is 23.5 Å². The Morgan fingerprint density at radius 3 is 3.17 bits per heavy atom. The van der Waals surface area contributed by atoms with E-state index in [1.54, 1.807) is 11.6 Å². The monoisotopic (exact) mass is 180 g/mol. The molecule has 0 radical (unpaired) electrons. The number of nitrogens with zero attached hydrogens (tertiary/aromatic N) is 2. The van der Waals surface area contributed by atoms with E-state index in [0.717, 1.165) is 4.70 Å². The number of fused-ring (bicyclic) bond motifs is 1. The molecule has 2 aromatic heterocycles. The summed E-state index contributed by atoms with van der Waals surface area (Å²) in [4.78, 5) is 18.3. The molecule has 0 aliphatic heterocycles. The lowest BCUT2D eigenvalue weighted by molar-refractivity contribution is 0.0699. The highest BCUT2D eigenvalue weighted by Gasteiger charge is 2.10. The van der Waals surface area contributed by atoms with Crippen molar-refractivity contribution in [2.24, 2.45) is 0 Å². The van der Waals surface area contributed by atoms with Crippen LogP contribution in [0.25, 0.3) is 10.2 Å². The second kappa shape index (κ2) is 2.53. The first kappa shape index (κ1) is 7.17. The lowest BCUT2D eigenvalue weighted by atomic mass is 10.3. The SMILES string of the molecule is O=C(O)c1csc2cncnc12. The molecule has 0 saturated heterocycles. The van der Waals surface area contributed by atoms with E-state index in [0.29, 0.717) is 5.52 Å². The van der Waals surface area contributed by atoms with Crippen molar-refractivity contribution in [2.45, 2.75) is 0 Å². The van der Waals surface area contributed by atoms with Gasteiger partial charge in [0.2, 0.25) is 0 Å². The first-order chi connectivity index (χ1) is 5.79. The molecule has 12 heavy (non-hydrogen) atoms. The Morgan fingerprint density at radius 1 is 1.58 bits per heavy atom. The van der Waals surface area contributed by atoms with Gasteiger partial charge in [0, 0.05) is 11.6 Å². The van der Waals surface area contributed by atoms with Crippen LogP contribution in [-0.2, 0) is 0 Å². The van der Waals surface area contributed by atoms with Crippen LogP contribution in [0.1, 0.15) is 10.4 Å². The van der Waals surface area contributed by atoms with E-state index in [-0.39, 0.29) is 5.56 Å². The van der Waals surface area contributed by atoms with Gasteiger partial charge in [-0.25, -0.2) is 14.8 Å². The molecule has 0 aliphatic carbocycles. The molecule has 1 N–H and O–H groups in total. The molecule has 60 valence electrons. The normalized spacial score (nSPS) is 10.3. The number of thiophene rings is 1. The smallest absolute Gasteiger partial charge is 0.338 e. The molecule has 4 nitrogen and oxygen atoms in total. The van der Waals surface area contributed by atoms with Crippen LogP contribution in [0.3, 0.4) is 0 Å². The minimum absolute atomic E-state index is 0.248. The average molecular weight is 180 g/mol. The Kier molecular flexibility index (Phi) is 1.51. The van der Waals surface area contributed by atoms with Gasteiger partial charge in [-0.1, -0.05) is 0 Å². The molecular weight excluding hydrogens is 176 g/mol. The van der Waals surface area contributed by atoms with Crippen LogP contribution in [0, 0.1) is 0 Å². The third-order valence-electron chi connectivity index (χ3n) is 1.47. The number of carboxylic acid groups (broad SMARTS) is 1. The van der Waals surface area contributed by atoms with Crippen molar-refractivity contribution in [1.29, 1.82) is 0 Å². The zero-order valence-corrected chi connectivity index (χ0v) is 6.71. The summed E-state index contributed by atoms with van der Waals surface area (Å²) in [5.74, 6) is -0.944. The van der Waals surface area contributed by atoms with Crippen LogP contribution in [-0.4, -0.2) is 21.0 Å². The van der Waals surface area contributed by atoms with Crippen molar-refractivity contribution in [3.8, 4) is 0 Å². The average Bonchev–Trinajstić information content (AvgIpc) is 2.47. The summed E-state index contributed by atoms with van der Waals surface area (Å²) in [6.07, 6.45) is 2.96. The Hall–Kier alpha value is -1.49. The Balaban J connectivity index is 2.79. The highest BCUT2D eigenvalue weighted by molar-refractivity contribution is 7.17. The molecule has 5 heteroatoms. The van der Waals surface area contributed by atoms with Gasteiger partial charge in [-0.2, -0.15) is 0 Å². The number of rotatable bonds is 1. The molecule has 0 saturated carbocycles. The molecular formula is C7H4N2O2S. The molecule has 0 spiro atoms. The van der Waals surface area contributed by atoms with Gasteiger partial charge in [-0.05, 0) is 0 Å². The summed E-state index contributed by atoms with van der Waals surface area (Å²) < 4.78 is 0.801. The molecule has 0 aromatic carbocycles. The van der Waals surface area contributed by atoms with E-state index < -0.39 is 5.97 Å². The third-order valence-corrected chi connectivity index (χ3v) is 2.37. The van der Waals surface area contributed by atoms with Crippen molar-refractivity contribution < 1.29 is 9.90 Å². The van der Waals surface area contributed by atoms with E-state index in [2.05, 4.69) is 9.97 Å². The number of hydrogen-bond donors (Lipinski definition) is 1. The number of aromatic carboxylic acids is 1. The molecule has 0 aliphatic rings. The largest absolute Gasteiger partial charge is 0.478 e. The number of carboxylic acids is 1. The fraction of sp³-hybridized carbons (Fsp3) is 0. The fourth-order valence-corrected chi connectivity index (χ4v) is 1.79. The highest BCUT2D eigenvalue weighted by atomic mass is 32.1. The molecule has 0 fully saturated rings. The minimum Gasteiger partial charge on any atom is -0.478 e. The quantitative estimate of drug-likeness (QED) is 0.720. The van der Waals surface area contributed by atoms with Crippen molar-refractivity contribution >= 4 is 27.5 Å². The van der Waals surface area contributed by atoms with Crippen molar-refractivity contribution in [1.82, 2.24) is 9.97 Å². The fourth-order valence-electron chi connectivity index (χ4n) is 0.935. The van der Waals surface area contributed by atoms with E-state index in [1.807, 2.05) is 0 Å². The van der Waals surface area contributed by atoms with E-state index in [1.165, 1.54) is 17.7 Å². The second-order valence-electron chi connectivity index (χ2n) is 2.19. The summed E-state index contributed by atoms with van der Waals surface area (Å²) in [6, 6.07) is 0. The lowest BCUT2D eigenvalue weighted by Gasteiger charge is -1.88. The minimum atomic E-state index is -0.944. The second-order valence-corrected chi connectivity index (χ2v) is 3.10. The summed E-state index contributed by atoms with van der Waals surface area (Å²) >= 11 is 1.34. The van der Waals surface area contributed by atoms with E-state index in [9.17, 15) is 4.79 Å². The molecule has 2 rings (SSSR count). The molecule has 0 bridgehead atoms. The highest BCUT2D eigenvalue weighted by Crippen LogP contribution is 2.22. The van der Waals surface area contributed by atoms with Gasteiger partial charge >= 0.3 is 5.97 Å². The van der Waals surface area contributed by atoms with Gasteiger partial charge < -0.3 is 5.11 Å². The van der Waals surface area contributed by atoms with Gasteiger partial charge in [-0.15, -0.1) is 11.3 Å². The van der Waals surface area contributed by atoms with Crippen LogP contribution < -0.4 is 0 Å². The first-order valence-electron chi connectivity index (χ1n) is 3.19. The van der Waals surface area contributed by atoms with Crippen LogP contribution in [0.2, 0.25) is 0 Å². The molecule has 2 heterocycles. The van der Waals surface area contributed by atoms with Gasteiger partial charge in [-0.3, -0.25) is 0 Å². The van der Waals surface area contributed by atoms with Crippen molar-refractivity contribution in [2.75, 3.05) is 0 Å². The van der Waals surface area contributed by atoms with Gasteiger partial charge in [0.05, 0.1) is 15.8 Å². The Labute approximate surface area is 71.5 Å². The summed E-state index contributed by atoms with van der Waals surface area (Å²) in [6.45, 7) is 0. The zero-order valence-electron chi connectivity index (χ0n) is 5.89. The van der Waals surface area contributed by atoms with Gasteiger partial charge in [0.25, 0.3) is 0 Å². The Bertz CT molecular complexity index is 438. The van der Waals surface area contributed by atoms with E-state index in [4.69, 9.17) is 5.11 Å². The summed E-state index contributed by atoms with van der Waals surface area (Å²) in [5, 5.41) is 10.3. The van der Waals surface area contributed by atoms with E-state index >= 15 is 0 Å². The maximum absolute atomic E-state index is 10.6. The molecule has 0 amide bonds. The predicted octanol–water partition coefficient (Wildman–Crippen LogP) is 1.39. The first-order valence-corrected chi connectivity index (χ1v) is 4.07.